The van der Waals surface area contributed by atoms with Crippen molar-refractivity contribution in [2.24, 2.45) is 5.73 Å². The molecule has 2 heterocycles. The minimum absolute atomic E-state index is 0.235. The molecule has 0 aliphatic heterocycles. The van der Waals surface area contributed by atoms with Crippen LogP contribution in [0, 0.1) is 0 Å². The summed E-state index contributed by atoms with van der Waals surface area (Å²) in [5, 5.41) is 11.6. The molecule has 16 heavy (non-hydrogen) atoms. The third-order valence-corrected chi connectivity index (χ3v) is 2.81. The summed E-state index contributed by atoms with van der Waals surface area (Å²) < 4.78 is 0. The zero-order valence-electron chi connectivity index (χ0n) is 8.43. The molecule has 0 spiro atoms. The van der Waals surface area contributed by atoms with Crippen LogP contribution in [0.1, 0.15) is 15.5 Å². The van der Waals surface area contributed by atoms with Gasteiger partial charge in [0.15, 0.2) is 0 Å². The summed E-state index contributed by atoms with van der Waals surface area (Å²) in [6.45, 7) is 0.538. The van der Waals surface area contributed by atoms with Crippen LogP contribution in [-0.4, -0.2) is 27.6 Å². The molecule has 0 bridgehead atoms. The third kappa shape index (κ3) is 2.44. The van der Waals surface area contributed by atoms with E-state index in [9.17, 15) is 4.79 Å². The predicted octanol–water partition coefficient (Wildman–Crippen LogP) is 0.620. The van der Waals surface area contributed by atoms with Crippen molar-refractivity contribution >= 4 is 22.9 Å². The number of aromatic nitrogens is 3. The molecule has 4 N–H and O–H groups in total. The van der Waals surface area contributed by atoms with E-state index in [4.69, 9.17) is 5.73 Å². The molecule has 0 fully saturated rings. The predicted molar refractivity (Wildman–Crippen MR) is 61.4 cm³/mol. The average molecular weight is 237 g/mol. The SMILES string of the molecule is NCCc1nc(C(=O)Nc2cn[nH]c2)cs1. The molecule has 0 aliphatic rings. The first kappa shape index (κ1) is 10.8. The first-order valence-electron chi connectivity index (χ1n) is 4.74. The lowest BCUT2D eigenvalue weighted by atomic mass is 10.4. The smallest absolute Gasteiger partial charge is 0.275 e. The number of amides is 1. The molecule has 0 atom stereocenters. The standard InChI is InChI=1S/C9H11N5OS/c10-2-1-8-14-7(5-16-8)9(15)13-6-3-11-12-4-6/h3-5H,1-2,10H2,(H,11,12)(H,13,15). The van der Waals surface area contributed by atoms with Gasteiger partial charge in [0.1, 0.15) is 5.69 Å². The minimum Gasteiger partial charge on any atom is -0.330 e. The van der Waals surface area contributed by atoms with Gasteiger partial charge in [-0.05, 0) is 6.54 Å². The van der Waals surface area contributed by atoms with E-state index in [-0.39, 0.29) is 5.91 Å². The van der Waals surface area contributed by atoms with E-state index in [0.717, 1.165) is 5.01 Å². The molecular weight excluding hydrogens is 226 g/mol. The number of aromatic amines is 1. The highest BCUT2D eigenvalue weighted by Gasteiger charge is 2.10. The van der Waals surface area contributed by atoms with Gasteiger partial charge in [0, 0.05) is 18.0 Å². The van der Waals surface area contributed by atoms with Crippen molar-refractivity contribution < 1.29 is 4.79 Å². The van der Waals surface area contributed by atoms with Gasteiger partial charge in [-0.25, -0.2) is 4.98 Å². The van der Waals surface area contributed by atoms with Gasteiger partial charge in [-0.3, -0.25) is 9.89 Å². The van der Waals surface area contributed by atoms with E-state index in [1.54, 1.807) is 11.6 Å². The van der Waals surface area contributed by atoms with Crippen molar-refractivity contribution in [3.8, 4) is 0 Å². The van der Waals surface area contributed by atoms with Crippen molar-refractivity contribution in [2.45, 2.75) is 6.42 Å². The van der Waals surface area contributed by atoms with E-state index >= 15 is 0 Å². The van der Waals surface area contributed by atoms with Crippen molar-refractivity contribution in [3.05, 3.63) is 28.5 Å². The Labute approximate surface area is 95.9 Å². The topological polar surface area (TPSA) is 96.7 Å². The molecular formula is C9H11N5OS. The molecule has 0 saturated carbocycles. The molecule has 1 amide bonds. The Balaban J connectivity index is 2.03. The fourth-order valence-electron chi connectivity index (χ4n) is 1.17. The van der Waals surface area contributed by atoms with Crippen LogP contribution in [0.5, 0.6) is 0 Å². The molecule has 7 heteroatoms. The number of H-pyrrole nitrogens is 1. The number of nitrogens with zero attached hydrogens (tertiary/aromatic N) is 2. The van der Waals surface area contributed by atoms with Crippen molar-refractivity contribution in [3.63, 3.8) is 0 Å². The minimum atomic E-state index is -0.235. The normalized spacial score (nSPS) is 10.3. The van der Waals surface area contributed by atoms with E-state index in [0.29, 0.717) is 24.3 Å². The third-order valence-electron chi connectivity index (χ3n) is 1.90. The second kappa shape index (κ2) is 4.86. The van der Waals surface area contributed by atoms with Gasteiger partial charge >= 0.3 is 0 Å². The molecule has 0 radical (unpaired) electrons. The summed E-state index contributed by atoms with van der Waals surface area (Å²) in [5.41, 5.74) is 6.44. The first-order chi connectivity index (χ1) is 7.79. The molecule has 2 rings (SSSR count). The second-order valence-corrected chi connectivity index (χ2v) is 4.05. The second-order valence-electron chi connectivity index (χ2n) is 3.11. The van der Waals surface area contributed by atoms with Crippen molar-refractivity contribution in [1.82, 2.24) is 15.2 Å². The molecule has 0 aromatic carbocycles. The zero-order valence-corrected chi connectivity index (χ0v) is 9.25. The zero-order chi connectivity index (χ0) is 11.4. The van der Waals surface area contributed by atoms with Crippen molar-refractivity contribution in [2.75, 3.05) is 11.9 Å². The number of nitrogens with one attached hydrogen (secondary N) is 2. The first-order valence-corrected chi connectivity index (χ1v) is 5.62. The Morgan fingerprint density at radius 2 is 2.50 bits per heavy atom. The van der Waals surface area contributed by atoms with Gasteiger partial charge in [0.05, 0.1) is 16.9 Å². The average Bonchev–Trinajstić information content (AvgIpc) is 2.89. The number of hydrogen-bond acceptors (Lipinski definition) is 5. The van der Waals surface area contributed by atoms with Crippen molar-refractivity contribution in [1.29, 1.82) is 0 Å². The molecule has 0 saturated heterocycles. The number of rotatable bonds is 4. The highest BCUT2D eigenvalue weighted by molar-refractivity contribution is 7.09. The monoisotopic (exact) mass is 237 g/mol. The Bertz CT molecular complexity index is 464. The van der Waals surface area contributed by atoms with Gasteiger partial charge < -0.3 is 11.1 Å². The maximum absolute atomic E-state index is 11.7. The van der Waals surface area contributed by atoms with Crippen LogP contribution in [-0.2, 0) is 6.42 Å². The quantitative estimate of drug-likeness (QED) is 0.726. The van der Waals surface area contributed by atoms with Gasteiger partial charge in [0.25, 0.3) is 5.91 Å². The van der Waals surface area contributed by atoms with Crippen LogP contribution >= 0.6 is 11.3 Å². The Hall–Kier alpha value is -1.73. The fourth-order valence-corrected chi connectivity index (χ4v) is 1.96. The lowest BCUT2D eigenvalue weighted by Gasteiger charge is -1.97. The summed E-state index contributed by atoms with van der Waals surface area (Å²) in [6.07, 6.45) is 3.83. The van der Waals surface area contributed by atoms with Gasteiger partial charge in [-0.15, -0.1) is 11.3 Å². The van der Waals surface area contributed by atoms with Crippen LogP contribution in [0.4, 0.5) is 5.69 Å². The summed E-state index contributed by atoms with van der Waals surface area (Å²) >= 11 is 1.44. The lowest BCUT2D eigenvalue weighted by Crippen LogP contribution is -2.12. The molecule has 2 aromatic heterocycles. The Kier molecular flexibility index (Phi) is 3.28. The van der Waals surface area contributed by atoms with Crippen LogP contribution < -0.4 is 11.1 Å². The number of carbonyl (C=O) groups excluding carboxylic acids is 1. The number of nitrogens with two attached hydrogens (primary N) is 1. The Morgan fingerprint density at radius 3 is 3.19 bits per heavy atom. The number of anilines is 1. The number of carbonyl (C=O) groups is 1. The number of thiazole rings is 1. The van der Waals surface area contributed by atoms with Gasteiger partial charge in [-0.2, -0.15) is 5.10 Å². The largest absolute Gasteiger partial charge is 0.330 e. The fraction of sp³-hybridized carbons (Fsp3) is 0.222. The summed E-state index contributed by atoms with van der Waals surface area (Å²) in [7, 11) is 0. The van der Waals surface area contributed by atoms with E-state index < -0.39 is 0 Å². The molecule has 2 aromatic rings. The van der Waals surface area contributed by atoms with E-state index in [1.807, 2.05) is 0 Å². The Morgan fingerprint density at radius 1 is 1.62 bits per heavy atom. The summed E-state index contributed by atoms with van der Waals surface area (Å²) in [4.78, 5) is 15.9. The van der Waals surface area contributed by atoms with Crippen LogP contribution in [0.2, 0.25) is 0 Å². The maximum Gasteiger partial charge on any atom is 0.275 e. The van der Waals surface area contributed by atoms with Crippen LogP contribution in [0.3, 0.4) is 0 Å². The lowest BCUT2D eigenvalue weighted by molar-refractivity contribution is 0.102. The van der Waals surface area contributed by atoms with E-state index in [2.05, 4.69) is 20.5 Å². The van der Waals surface area contributed by atoms with Gasteiger partial charge in [-0.1, -0.05) is 0 Å². The molecule has 84 valence electrons. The van der Waals surface area contributed by atoms with Crippen LogP contribution in [0.25, 0.3) is 0 Å². The number of hydrogen-bond donors (Lipinski definition) is 3. The summed E-state index contributed by atoms with van der Waals surface area (Å²) in [6, 6.07) is 0. The van der Waals surface area contributed by atoms with E-state index in [1.165, 1.54) is 17.5 Å². The maximum atomic E-state index is 11.7. The molecule has 0 unspecified atom stereocenters. The molecule has 6 nitrogen and oxygen atoms in total. The summed E-state index contributed by atoms with van der Waals surface area (Å²) in [5.74, 6) is -0.235. The highest BCUT2D eigenvalue weighted by Crippen LogP contribution is 2.12. The highest BCUT2D eigenvalue weighted by atomic mass is 32.1. The van der Waals surface area contributed by atoms with Gasteiger partial charge in [0.2, 0.25) is 0 Å². The van der Waals surface area contributed by atoms with Crippen LogP contribution in [0.15, 0.2) is 17.8 Å². The molecule has 0 aliphatic carbocycles.